The van der Waals surface area contributed by atoms with E-state index in [1.165, 1.54) is 7.11 Å². The smallest absolute Gasteiger partial charge is 0.343 e. The third kappa shape index (κ3) is 4.58. The fourth-order valence-electron chi connectivity index (χ4n) is 2.58. The summed E-state index contributed by atoms with van der Waals surface area (Å²) in [7, 11) is 1.49. The summed E-state index contributed by atoms with van der Waals surface area (Å²) in [6.45, 7) is 5.88. The minimum Gasteiger partial charge on any atom is -0.493 e. The number of hydrogen-bond donors (Lipinski definition) is 2. The lowest BCUT2D eigenvalue weighted by Crippen LogP contribution is -2.20. The van der Waals surface area contributed by atoms with Crippen LogP contribution in [-0.4, -0.2) is 29.2 Å². The van der Waals surface area contributed by atoms with Gasteiger partial charge in [0.25, 0.3) is 0 Å². The Balaban J connectivity index is 2.51. The lowest BCUT2D eigenvalue weighted by Gasteiger charge is -2.20. The van der Waals surface area contributed by atoms with E-state index in [2.05, 4.69) is 10.3 Å². The number of ether oxygens (including phenoxy) is 2. The van der Waals surface area contributed by atoms with E-state index in [9.17, 15) is 9.90 Å². The fourth-order valence-corrected chi connectivity index (χ4v) is 2.74. The molecule has 0 saturated carbocycles. The summed E-state index contributed by atoms with van der Waals surface area (Å²) in [5, 5.41) is 13.5. The van der Waals surface area contributed by atoms with Crippen LogP contribution >= 0.6 is 11.6 Å². The molecule has 0 saturated heterocycles. The number of carbonyl (C=O) groups is 1. The maximum absolute atomic E-state index is 11.9. The average Bonchev–Trinajstić information content (AvgIpc) is 2.60. The first-order chi connectivity index (χ1) is 12.4. The molecule has 26 heavy (non-hydrogen) atoms. The van der Waals surface area contributed by atoms with E-state index >= 15 is 0 Å². The summed E-state index contributed by atoms with van der Waals surface area (Å²) in [6, 6.07) is 6.72. The highest BCUT2D eigenvalue weighted by Gasteiger charge is 2.22. The van der Waals surface area contributed by atoms with Gasteiger partial charge in [0.15, 0.2) is 11.5 Å². The molecule has 140 valence electrons. The maximum Gasteiger partial charge on any atom is 0.343 e. The molecular weight excluding hydrogens is 356 g/mol. The number of pyridine rings is 1. The highest BCUT2D eigenvalue weighted by molar-refractivity contribution is 6.30. The molecule has 0 radical (unpaired) electrons. The Morgan fingerprint density at radius 2 is 1.96 bits per heavy atom. The van der Waals surface area contributed by atoms with Crippen molar-refractivity contribution in [2.45, 2.75) is 39.7 Å². The number of anilines is 1. The van der Waals surface area contributed by atoms with E-state index in [-0.39, 0.29) is 17.5 Å². The first kappa shape index (κ1) is 19.8. The first-order valence-electron chi connectivity index (χ1n) is 8.42. The molecule has 0 amide bonds. The van der Waals surface area contributed by atoms with Crippen LogP contribution < -0.4 is 14.8 Å². The zero-order valence-electron chi connectivity index (χ0n) is 15.3. The summed E-state index contributed by atoms with van der Waals surface area (Å²) in [4.78, 5) is 16.2. The van der Waals surface area contributed by atoms with Crippen LogP contribution in [0.5, 0.6) is 17.4 Å². The molecule has 7 heteroatoms. The van der Waals surface area contributed by atoms with Gasteiger partial charge in [0, 0.05) is 22.8 Å². The molecule has 0 aliphatic heterocycles. The van der Waals surface area contributed by atoms with Gasteiger partial charge in [-0.1, -0.05) is 25.4 Å². The van der Waals surface area contributed by atoms with Crippen molar-refractivity contribution in [2.75, 3.05) is 12.4 Å². The van der Waals surface area contributed by atoms with Gasteiger partial charge < -0.3 is 19.9 Å². The zero-order chi connectivity index (χ0) is 19.3. The van der Waals surface area contributed by atoms with Crippen molar-refractivity contribution in [3.05, 3.63) is 40.5 Å². The largest absolute Gasteiger partial charge is 0.493 e. The summed E-state index contributed by atoms with van der Waals surface area (Å²) in [6.07, 6.45) is 1.75. The highest BCUT2D eigenvalue weighted by Crippen LogP contribution is 2.36. The number of hydrogen-bond acceptors (Lipinski definition) is 5. The summed E-state index contributed by atoms with van der Waals surface area (Å²) >= 11 is 5.96. The van der Waals surface area contributed by atoms with E-state index in [0.717, 1.165) is 12.8 Å². The van der Waals surface area contributed by atoms with Crippen LogP contribution in [0.1, 0.15) is 42.7 Å². The number of nitrogens with zero attached hydrogens (tertiary/aromatic N) is 1. The minimum atomic E-state index is -1.12. The van der Waals surface area contributed by atoms with Gasteiger partial charge in [-0.25, -0.2) is 9.78 Å². The molecule has 0 aliphatic carbocycles. The quantitative estimate of drug-likeness (QED) is 0.661. The molecule has 0 spiro atoms. The van der Waals surface area contributed by atoms with Crippen LogP contribution in [0.4, 0.5) is 5.69 Å². The predicted molar refractivity (Wildman–Crippen MR) is 102 cm³/mol. The molecule has 0 atom stereocenters. The van der Waals surface area contributed by atoms with Crippen LogP contribution in [0.15, 0.2) is 24.3 Å². The standard InChI is InChI=1S/C19H23ClN2O4/c1-5-13(6-2)22-14-9-11(3)21-18(17(14)19(23)24)26-15-8-7-12(20)10-16(15)25-4/h7-10,13H,5-6H2,1-4H3,(H,21,22)(H,23,24). The number of aryl methyl sites for hydroxylation is 1. The van der Waals surface area contributed by atoms with E-state index in [1.807, 2.05) is 13.8 Å². The molecular formula is C19H23ClN2O4. The van der Waals surface area contributed by atoms with Crippen LogP contribution in [0, 0.1) is 6.92 Å². The number of carboxylic acids is 1. The van der Waals surface area contributed by atoms with Gasteiger partial charge in [-0.2, -0.15) is 0 Å². The van der Waals surface area contributed by atoms with Crippen LogP contribution in [0.3, 0.4) is 0 Å². The molecule has 1 aromatic carbocycles. The maximum atomic E-state index is 11.9. The number of carboxylic acid groups (broad SMARTS) is 1. The number of nitrogens with one attached hydrogen (secondary N) is 1. The first-order valence-corrected chi connectivity index (χ1v) is 8.80. The van der Waals surface area contributed by atoms with Crippen molar-refractivity contribution in [2.24, 2.45) is 0 Å². The van der Waals surface area contributed by atoms with Crippen molar-refractivity contribution in [1.29, 1.82) is 0 Å². The topological polar surface area (TPSA) is 80.7 Å². The van der Waals surface area contributed by atoms with Gasteiger partial charge in [-0.05, 0) is 38.0 Å². The SMILES string of the molecule is CCC(CC)Nc1cc(C)nc(Oc2ccc(Cl)cc2OC)c1C(=O)O. The van der Waals surface area contributed by atoms with Gasteiger partial charge >= 0.3 is 5.97 Å². The average molecular weight is 379 g/mol. The minimum absolute atomic E-state index is 0.00609. The number of benzene rings is 1. The van der Waals surface area contributed by atoms with Crippen molar-refractivity contribution < 1.29 is 19.4 Å². The number of aromatic carboxylic acids is 1. The molecule has 1 heterocycles. The van der Waals surface area contributed by atoms with Crippen molar-refractivity contribution in [3.8, 4) is 17.4 Å². The van der Waals surface area contributed by atoms with E-state index < -0.39 is 5.97 Å². The molecule has 1 aromatic heterocycles. The second-order valence-electron chi connectivity index (χ2n) is 5.85. The summed E-state index contributed by atoms with van der Waals surface area (Å²) in [5.41, 5.74) is 1.12. The van der Waals surface area contributed by atoms with E-state index in [4.69, 9.17) is 21.1 Å². The molecule has 2 aromatic rings. The highest BCUT2D eigenvalue weighted by atomic mass is 35.5. The second-order valence-corrected chi connectivity index (χ2v) is 6.29. The number of methoxy groups -OCH3 is 1. The monoisotopic (exact) mass is 378 g/mol. The van der Waals surface area contributed by atoms with Crippen LogP contribution in [-0.2, 0) is 0 Å². The molecule has 0 unspecified atom stereocenters. The molecule has 6 nitrogen and oxygen atoms in total. The lowest BCUT2D eigenvalue weighted by molar-refractivity contribution is 0.0694. The van der Waals surface area contributed by atoms with Crippen LogP contribution in [0.2, 0.25) is 5.02 Å². The second kappa shape index (κ2) is 8.76. The molecule has 0 bridgehead atoms. The zero-order valence-corrected chi connectivity index (χ0v) is 16.1. The molecule has 2 rings (SSSR count). The van der Waals surface area contributed by atoms with Gasteiger partial charge in [0.1, 0.15) is 5.56 Å². The number of aromatic nitrogens is 1. The van der Waals surface area contributed by atoms with E-state index in [0.29, 0.717) is 27.9 Å². The Bertz CT molecular complexity index is 791. The third-order valence-corrected chi connectivity index (χ3v) is 4.24. The third-order valence-electron chi connectivity index (χ3n) is 4.01. The Hall–Kier alpha value is -2.47. The van der Waals surface area contributed by atoms with Crippen molar-refractivity contribution >= 4 is 23.3 Å². The van der Waals surface area contributed by atoms with Gasteiger partial charge in [0.05, 0.1) is 12.8 Å². The lowest BCUT2D eigenvalue weighted by atomic mass is 10.1. The predicted octanol–water partition coefficient (Wildman–Crippen LogP) is 5.14. The number of rotatable bonds is 8. The normalized spacial score (nSPS) is 10.7. The Morgan fingerprint density at radius 3 is 2.54 bits per heavy atom. The number of halogens is 1. The van der Waals surface area contributed by atoms with E-state index in [1.54, 1.807) is 31.2 Å². The Labute approximate surface area is 158 Å². The Kier molecular flexibility index (Phi) is 6.69. The summed E-state index contributed by atoms with van der Waals surface area (Å²) < 4.78 is 11.1. The molecule has 0 aliphatic rings. The van der Waals surface area contributed by atoms with Gasteiger partial charge in [-0.3, -0.25) is 0 Å². The van der Waals surface area contributed by atoms with Gasteiger partial charge in [-0.15, -0.1) is 0 Å². The Morgan fingerprint density at radius 1 is 1.27 bits per heavy atom. The van der Waals surface area contributed by atoms with Crippen molar-refractivity contribution in [1.82, 2.24) is 4.98 Å². The fraction of sp³-hybridized carbons (Fsp3) is 0.368. The molecule has 0 fully saturated rings. The summed E-state index contributed by atoms with van der Waals surface area (Å²) in [5.74, 6) is -0.377. The van der Waals surface area contributed by atoms with Crippen LogP contribution in [0.25, 0.3) is 0 Å². The van der Waals surface area contributed by atoms with Gasteiger partial charge in [0.2, 0.25) is 5.88 Å². The molecule has 2 N–H and O–H groups in total. The van der Waals surface area contributed by atoms with Crippen molar-refractivity contribution in [3.63, 3.8) is 0 Å².